The molecule has 0 aliphatic carbocycles. The van der Waals surface area contributed by atoms with Crippen molar-refractivity contribution in [1.82, 2.24) is 4.98 Å². The van der Waals surface area contributed by atoms with Gasteiger partial charge < -0.3 is 14.8 Å². The maximum absolute atomic E-state index is 12.2. The number of rotatable bonds is 5. The average molecular weight is 433 g/mol. The zero-order valence-electron chi connectivity index (χ0n) is 16.5. The molecule has 0 unspecified atom stereocenters. The summed E-state index contributed by atoms with van der Waals surface area (Å²) >= 11 is 1.42. The lowest BCUT2D eigenvalue weighted by Crippen LogP contribution is -2.15. The van der Waals surface area contributed by atoms with E-state index in [9.17, 15) is 9.00 Å². The monoisotopic (exact) mass is 432 g/mol. The van der Waals surface area contributed by atoms with Gasteiger partial charge in [-0.2, -0.15) is 0 Å². The van der Waals surface area contributed by atoms with Crippen molar-refractivity contribution in [2.24, 2.45) is 0 Å². The Morgan fingerprint density at radius 3 is 2.79 bits per heavy atom. The third kappa shape index (κ3) is 6.64. The van der Waals surface area contributed by atoms with Crippen molar-refractivity contribution in [3.63, 3.8) is 0 Å². The number of aromatic nitrogens is 1. The van der Waals surface area contributed by atoms with Crippen LogP contribution in [0.25, 0.3) is 10.2 Å². The standard InChI is InChI=1S/C18H18N2O3S.C3H6OS/c1-3-5-12(6-4-2)11-15(21)19-18-20-16-14(24-18)8-7-13-17(16)23-10-9-22-13;1-3-5(2)4/h3-8H,1,9-11H2,2H3,(H,19,20,21);2H,3H2,1H3/b6-4-,12-5+;. The van der Waals surface area contributed by atoms with Gasteiger partial charge in [0.25, 0.3) is 0 Å². The normalized spacial score (nSPS) is 12.9. The van der Waals surface area contributed by atoms with Crippen molar-refractivity contribution in [3.05, 3.63) is 48.6 Å². The molecule has 2 aromatic rings. The minimum Gasteiger partial charge on any atom is -0.486 e. The highest BCUT2D eigenvalue weighted by Gasteiger charge is 2.19. The minimum absolute atomic E-state index is 0.119. The largest absolute Gasteiger partial charge is 0.486 e. The van der Waals surface area contributed by atoms with Crippen LogP contribution in [0.15, 0.2) is 48.6 Å². The molecule has 29 heavy (non-hydrogen) atoms. The van der Waals surface area contributed by atoms with Crippen LogP contribution < -0.4 is 14.8 Å². The summed E-state index contributed by atoms with van der Waals surface area (Å²) in [5, 5.41) is 3.40. The maximum atomic E-state index is 12.2. The maximum Gasteiger partial charge on any atom is 0.230 e. The number of anilines is 1. The number of carbonyl (C=O) groups excluding carboxylic acids is 1. The van der Waals surface area contributed by atoms with Gasteiger partial charge in [0, 0.05) is 16.0 Å². The SMILES string of the molecule is C#S(=O)CC.C=C/C=C(\C=C/C)CC(=O)Nc1nc2c3c(ccc2s1)OCCO3. The van der Waals surface area contributed by atoms with Crippen molar-refractivity contribution in [2.45, 2.75) is 20.3 Å². The quantitative estimate of drug-likeness (QED) is 0.708. The van der Waals surface area contributed by atoms with Crippen LogP contribution >= 0.6 is 11.3 Å². The molecule has 1 aromatic carbocycles. The molecule has 154 valence electrons. The van der Waals surface area contributed by atoms with Gasteiger partial charge in [-0.25, -0.2) is 9.19 Å². The van der Waals surface area contributed by atoms with E-state index in [-0.39, 0.29) is 12.3 Å². The van der Waals surface area contributed by atoms with Crippen LogP contribution in [-0.2, 0) is 15.0 Å². The highest BCUT2D eigenvalue weighted by atomic mass is 32.2. The summed E-state index contributed by atoms with van der Waals surface area (Å²) in [5.74, 6) is 1.78. The van der Waals surface area contributed by atoms with Gasteiger partial charge in [0.05, 0.1) is 11.1 Å². The minimum atomic E-state index is -1.07. The molecule has 1 aliphatic heterocycles. The van der Waals surface area contributed by atoms with E-state index >= 15 is 0 Å². The molecule has 0 radical (unpaired) electrons. The summed E-state index contributed by atoms with van der Waals surface area (Å²) in [7, 11) is -1.07. The second kappa shape index (κ2) is 11.3. The Balaban J connectivity index is 0.000000537. The number of hydrogen-bond donors (Lipinski definition) is 1. The van der Waals surface area contributed by atoms with Crippen LogP contribution in [0.1, 0.15) is 20.3 Å². The molecule has 1 aliphatic rings. The number of nitrogens with one attached hydrogen (secondary N) is 1. The summed E-state index contributed by atoms with van der Waals surface area (Å²) in [5.41, 5.74) is 6.38. The number of amides is 1. The third-order valence-corrected chi connectivity index (χ3v) is 5.18. The fourth-order valence-electron chi connectivity index (χ4n) is 2.44. The molecule has 0 saturated carbocycles. The fourth-order valence-corrected chi connectivity index (χ4v) is 3.32. The zero-order chi connectivity index (χ0) is 21.2. The third-order valence-electron chi connectivity index (χ3n) is 3.67. The van der Waals surface area contributed by atoms with Crippen molar-refractivity contribution < 1.29 is 18.5 Å². The smallest absolute Gasteiger partial charge is 0.230 e. The van der Waals surface area contributed by atoms with E-state index in [2.05, 4.69) is 16.9 Å². The Morgan fingerprint density at radius 1 is 1.41 bits per heavy atom. The van der Waals surface area contributed by atoms with Crippen LogP contribution in [0.5, 0.6) is 11.5 Å². The lowest BCUT2D eigenvalue weighted by atomic mass is 10.1. The zero-order valence-corrected chi connectivity index (χ0v) is 18.1. The molecule has 0 saturated heterocycles. The van der Waals surface area contributed by atoms with Gasteiger partial charge in [0.2, 0.25) is 5.91 Å². The van der Waals surface area contributed by atoms with Crippen molar-refractivity contribution in [1.29, 1.82) is 0 Å². The first-order valence-corrected chi connectivity index (χ1v) is 11.2. The van der Waals surface area contributed by atoms with E-state index in [4.69, 9.17) is 15.2 Å². The van der Waals surface area contributed by atoms with Gasteiger partial charge in [-0.1, -0.05) is 54.8 Å². The number of fused-ring (bicyclic) bond motifs is 3. The summed E-state index contributed by atoms with van der Waals surface area (Å²) in [6.07, 6.45) is 7.54. The molecule has 3 rings (SSSR count). The number of carbonyl (C=O) groups is 1. The second-order valence-electron chi connectivity index (χ2n) is 5.83. The van der Waals surface area contributed by atoms with Gasteiger partial charge in [-0.05, 0) is 24.6 Å². The highest BCUT2D eigenvalue weighted by Crippen LogP contribution is 2.40. The molecule has 1 aromatic heterocycles. The Hall–Kier alpha value is -2.80. The molecule has 8 heteroatoms. The number of allylic oxidation sites excluding steroid dienone is 4. The predicted octanol–water partition coefficient (Wildman–Crippen LogP) is 4.43. The molecule has 0 fully saturated rings. The van der Waals surface area contributed by atoms with Crippen LogP contribution in [-0.4, -0.2) is 34.1 Å². The molecular weight excluding hydrogens is 408 g/mol. The summed E-state index contributed by atoms with van der Waals surface area (Å²) in [4.78, 5) is 16.7. The molecule has 1 N–H and O–H groups in total. The first-order valence-electron chi connectivity index (χ1n) is 9.04. The summed E-state index contributed by atoms with van der Waals surface area (Å²) in [6, 6.07) is 3.80. The van der Waals surface area contributed by atoms with Crippen LogP contribution in [0.4, 0.5) is 5.13 Å². The topological polar surface area (TPSA) is 77.5 Å². The summed E-state index contributed by atoms with van der Waals surface area (Å²) in [6.45, 7) is 8.39. The Kier molecular flexibility index (Phi) is 8.73. The van der Waals surface area contributed by atoms with E-state index in [0.29, 0.717) is 35.6 Å². The number of benzene rings is 1. The van der Waals surface area contributed by atoms with E-state index in [1.807, 2.05) is 37.3 Å². The van der Waals surface area contributed by atoms with E-state index < -0.39 is 10.2 Å². The van der Waals surface area contributed by atoms with Gasteiger partial charge in [0.1, 0.15) is 18.7 Å². The molecule has 1 amide bonds. The van der Waals surface area contributed by atoms with Gasteiger partial charge in [-0.15, -0.1) is 0 Å². The van der Waals surface area contributed by atoms with Gasteiger partial charge in [-0.3, -0.25) is 4.79 Å². The number of ether oxygens (including phenoxy) is 2. The Morgan fingerprint density at radius 2 is 2.14 bits per heavy atom. The van der Waals surface area contributed by atoms with Crippen LogP contribution in [0.3, 0.4) is 0 Å². The Bertz CT molecular complexity index is 1060. The first kappa shape index (κ1) is 22.5. The molecule has 0 bridgehead atoms. The molecule has 0 spiro atoms. The molecule has 6 nitrogen and oxygen atoms in total. The average Bonchev–Trinajstić information content (AvgIpc) is 3.11. The molecule has 2 heterocycles. The van der Waals surface area contributed by atoms with Crippen molar-refractivity contribution in [2.75, 3.05) is 24.3 Å². The van der Waals surface area contributed by atoms with E-state index in [0.717, 1.165) is 15.8 Å². The first-order chi connectivity index (χ1) is 14.0. The second-order valence-corrected chi connectivity index (χ2v) is 8.20. The van der Waals surface area contributed by atoms with Crippen LogP contribution in [0.2, 0.25) is 0 Å². The van der Waals surface area contributed by atoms with Crippen molar-refractivity contribution in [3.8, 4) is 17.2 Å². The lowest BCUT2D eigenvalue weighted by molar-refractivity contribution is -0.115. The molecular formula is C21H24N2O4S2. The van der Waals surface area contributed by atoms with Crippen molar-refractivity contribution >= 4 is 42.8 Å². The van der Waals surface area contributed by atoms with Crippen LogP contribution in [0, 0.1) is 5.69 Å². The van der Waals surface area contributed by atoms with Gasteiger partial charge >= 0.3 is 0 Å². The summed E-state index contributed by atoms with van der Waals surface area (Å²) < 4.78 is 21.9. The Labute approximate surface area is 176 Å². The predicted molar refractivity (Wildman–Crippen MR) is 121 cm³/mol. The van der Waals surface area contributed by atoms with E-state index in [1.165, 1.54) is 11.3 Å². The molecule has 0 atom stereocenters. The highest BCUT2D eigenvalue weighted by molar-refractivity contribution is 7.73. The fraction of sp³-hybridized carbons (Fsp3) is 0.286. The number of nitrogens with zero attached hydrogens (tertiary/aromatic N) is 1. The lowest BCUT2D eigenvalue weighted by Gasteiger charge is -2.17. The number of hydrogen-bond acceptors (Lipinski definition) is 6. The van der Waals surface area contributed by atoms with E-state index in [1.54, 1.807) is 13.0 Å². The number of thiazole rings is 1. The van der Waals surface area contributed by atoms with Gasteiger partial charge in [0.15, 0.2) is 16.6 Å².